The van der Waals surface area contributed by atoms with Gasteiger partial charge in [-0.1, -0.05) is 11.3 Å². The molecule has 1 aliphatic rings. The van der Waals surface area contributed by atoms with E-state index in [4.69, 9.17) is 14.2 Å². The summed E-state index contributed by atoms with van der Waals surface area (Å²) in [6.07, 6.45) is 1.94. The lowest BCUT2D eigenvalue weighted by atomic mass is 10.2. The smallest absolute Gasteiger partial charge is 0.269 e. The van der Waals surface area contributed by atoms with Crippen LogP contribution in [0.1, 0.15) is 39.3 Å². The van der Waals surface area contributed by atoms with Crippen LogP contribution in [0.5, 0.6) is 11.5 Å². The Labute approximate surface area is 175 Å². The van der Waals surface area contributed by atoms with E-state index in [1.807, 2.05) is 25.1 Å². The van der Waals surface area contributed by atoms with Crippen LogP contribution in [0.4, 0.5) is 5.13 Å². The first kappa shape index (κ1) is 19.7. The Kier molecular flexibility index (Phi) is 5.74. The molecule has 0 radical (unpaired) electrons. The molecule has 1 saturated heterocycles. The summed E-state index contributed by atoms with van der Waals surface area (Å²) in [6.45, 7) is 2.55. The molecule has 3 aromatic rings. The number of thiazole rings is 1. The topological polar surface area (TPSA) is 95.5 Å². The highest BCUT2D eigenvalue weighted by Crippen LogP contribution is 2.36. The summed E-state index contributed by atoms with van der Waals surface area (Å²) in [5, 5.41) is 13.0. The lowest BCUT2D eigenvalue weighted by Gasteiger charge is -2.08. The van der Waals surface area contributed by atoms with E-state index in [1.54, 1.807) is 14.2 Å². The molecule has 1 aromatic carbocycles. The van der Waals surface area contributed by atoms with Crippen LogP contribution < -0.4 is 14.8 Å². The number of nitrogens with zero attached hydrogens (tertiary/aromatic N) is 3. The lowest BCUT2D eigenvalue weighted by molar-refractivity contribution is 0.102. The van der Waals surface area contributed by atoms with Gasteiger partial charge in [-0.25, -0.2) is 4.98 Å². The van der Waals surface area contributed by atoms with Gasteiger partial charge >= 0.3 is 0 Å². The zero-order valence-electron chi connectivity index (χ0n) is 16.2. The number of aromatic nitrogens is 3. The van der Waals surface area contributed by atoms with Crippen LogP contribution >= 0.6 is 22.7 Å². The molecule has 8 nitrogen and oxygen atoms in total. The number of rotatable bonds is 6. The second-order valence-electron chi connectivity index (χ2n) is 6.40. The van der Waals surface area contributed by atoms with Crippen molar-refractivity contribution >= 4 is 33.7 Å². The molecule has 0 saturated carbocycles. The van der Waals surface area contributed by atoms with E-state index in [1.165, 1.54) is 22.7 Å². The fraction of sp³-hybridized carbons (Fsp3) is 0.368. The number of methoxy groups -OCH3 is 2. The number of hydrogen-bond acceptors (Lipinski definition) is 9. The number of nitrogens with one attached hydrogen (secondary N) is 1. The summed E-state index contributed by atoms with van der Waals surface area (Å²) in [6, 6.07) is 5.55. The normalized spacial score (nSPS) is 16.0. The average Bonchev–Trinajstić information content (AvgIpc) is 3.48. The highest BCUT2D eigenvalue weighted by atomic mass is 32.1. The highest BCUT2D eigenvalue weighted by Gasteiger charge is 2.23. The van der Waals surface area contributed by atoms with E-state index in [0.29, 0.717) is 27.2 Å². The molecule has 0 bridgehead atoms. The molecular formula is C19H20N4O4S2. The molecule has 1 fully saturated rings. The first-order valence-electron chi connectivity index (χ1n) is 9.05. The van der Waals surface area contributed by atoms with Crippen LogP contribution in [-0.4, -0.2) is 41.9 Å². The van der Waals surface area contributed by atoms with E-state index in [-0.39, 0.29) is 12.0 Å². The van der Waals surface area contributed by atoms with Gasteiger partial charge in [0, 0.05) is 12.2 Å². The molecule has 0 spiro atoms. The number of benzene rings is 1. The number of ether oxygens (including phenoxy) is 3. The Bertz CT molecular complexity index is 1030. The molecule has 10 heteroatoms. The van der Waals surface area contributed by atoms with Gasteiger partial charge in [0.2, 0.25) is 5.13 Å². The van der Waals surface area contributed by atoms with E-state index in [9.17, 15) is 4.79 Å². The summed E-state index contributed by atoms with van der Waals surface area (Å²) in [4.78, 5) is 17.8. The number of hydrogen-bond donors (Lipinski definition) is 1. The molecule has 4 rings (SSSR count). The van der Waals surface area contributed by atoms with Crippen LogP contribution in [0.25, 0.3) is 10.6 Å². The Balaban J connectivity index is 1.52. The minimum absolute atomic E-state index is 0.0139. The fourth-order valence-corrected chi connectivity index (χ4v) is 4.82. The van der Waals surface area contributed by atoms with Crippen molar-refractivity contribution < 1.29 is 19.0 Å². The monoisotopic (exact) mass is 432 g/mol. The van der Waals surface area contributed by atoms with Crippen molar-refractivity contribution in [3.8, 4) is 22.1 Å². The lowest BCUT2D eigenvalue weighted by Crippen LogP contribution is -2.11. The molecule has 1 N–H and O–H groups in total. The number of amides is 1. The molecule has 3 heterocycles. The first-order chi connectivity index (χ1) is 14.1. The second kappa shape index (κ2) is 8.44. The molecular weight excluding hydrogens is 412 g/mol. The van der Waals surface area contributed by atoms with Gasteiger partial charge in [-0.2, -0.15) is 0 Å². The zero-order valence-corrected chi connectivity index (χ0v) is 17.9. The maximum Gasteiger partial charge on any atom is 0.269 e. The quantitative estimate of drug-likeness (QED) is 0.627. The van der Waals surface area contributed by atoms with Gasteiger partial charge in [-0.3, -0.25) is 10.1 Å². The third-order valence-corrected chi connectivity index (χ3v) is 6.64. The van der Waals surface area contributed by atoms with Gasteiger partial charge < -0.3 is 14.2 Å². The van der Waals surface area contributed by atoms with E-state index >= 15 is 0 Å². The van der Waals surface area contributed by atoms with Crippen molar-refractivity contribution in [2.24, 2.45) is 0 Å². The predicted molar refractivity (Wildman–Crippen MR) is 111 cm³/mol. The first-order valence-corrected chi connectivity index (χ1v) is 10.7. The van der Waals surface area contributed by atoms with Crippen LogP contribution in [0.3, 0.4) is 0 Å². The van der Waals surface area contributed by atoms with Crippen molar-refractivity contribution in [3.63, 3.8) is 0 Å². The SMILES string of the molecule is COc1ccc(-c2nc(C)c(C(=O)Nc3nnc(C4CCCO4)s3)s2)cc1OC. The molecule has 0 aliphatic carbocycles. The minimum atomic E-state index is -0.248. The van der Waals surface area contributed by atoms with Crippen LogP contribution in [0.2, 0.25) is 0 Å². The predicted octanol–water partition coefficient (Wildman–Crippen LogP) is 4.09. The van der Waals surface area contributed by atoms with Crippen molar-refractivity contribution in [2.75, 3.05) is 26.1 Å². The van der Waals surface area contributed by atoms with Gasteiger partial charge in [0.25, 0.3) is 5.91 Å². The number of anilines is 1. The highest BCUT2D eigenvalue weighted by molar-refractivity contribution is 7.17. The van der Waals surface area contributed by atoms with E-state index in [2.05, 4.69) is 20.5 Å². The van der Waals surface area contributed by atoms with Gasteiger partial charge in [-0.15, -0.1) is 21.5 Å². The van der Waals surface area contributed by atoms with Crippen LogP contribution in [0, 0.1) is 6.92 Å². The maximum absolute atomic E-state index is 12.8. The van der Waals surface area contributed by atoms with Crippen LogP contribution in [0.15, 0.2) is 18.2 Å². The summed E-state index contributed by atoms with van der Waals surface area (Å²) in [5.41, 5.74) is 1.51. The average molecular weight is 433 g/mol. The Morgan fingerprint density at radius 2 is 2.03 bits per heavy atom. The fourth-order valence-electron chi connectivity index (χ4n) is 3.04. The standard InChI is InChI=1S/C19H20N4O4S2/c1-10-15(16(24)21-19-23-22-18(29-19)13-5-4-8-27-13)28-17(20-10)11-6-7-12(25-2)14(9-11)26-3/h6-7,9,13H,4-5,8H2,1-3H3,(H,21,23,24). The van der Waals surface area contributed by atoms with E-state index in [0.717, 1.165) is 35.0 Å². The zero-order chi connectivity index (χ0) is 20.4. The van der Waals surface area contributed by atoms with Gasteiger partial charge in [-0.05, 0) is 38.0 Å². The number of carbonyl (C=O) groups is 1. The molecule has 1 aliphatic heterocycles. The van der Waals surface area contributed by atoms with E-state index < -0.39 is 0 Å². The molecule has 29 heavy (non-hydrogen) atoms. The molecule has 1 atom stereocenters. The van der Waals surface area contributed by atoms with Gasteiger partial charge in [0.15, 0.2) is 11.5 Å². The van der Waals surface area contributed by atoms with Crippen molar-refractivity contribution in [1.29, 1.82) is 0 Å². The number of aryl methyl sites for hydroxylation is 1. The second-order valence-corrected chi connectivity index (χ2v) is 8.41. The van der Waals surface area contributed by atoms with Crippen molar-refractivity contribution in [3.05, 3.63) is 33.8 Å². The summed E-state index contributed by atoms with van der Waals surface area (Å²) < 4.78 is 16.2. The molecule has 1 unspecified atom stereocenters. The van der Waals surface area contributed by atoms with Crippen molar-refractivity contribution in [1.82, 2.24) is 15.2 Å². The Morgan fingerprint density at radius 3 is 2.76 bits per heavy atom. The molecule has 1 amide bonds. The third kappa shape index (κ3) is 4.09. The third-order valence-electron chi connectivity index (χ3n) is 4.50. The summed E-state index contributed by atoms with van der Waals surface area (Å²) in [5.74, 6) is 1.00. The van der Waals surface area contributed by atoms with Crippen molar-refractivity contribution in [2.45, 2.75) is 25.9 Å². The Hall–Kier alpha value is -2.56. The van der Waals surface area contributed by atoms with Gasteiger partial charge in [0.05, 0.1) is 19.9 Å². The van der Waals surface area contributed by atoms with Crippen LogP contribution in [-0.2, 0) is 4.74 Å². The van der Waals surface area contributed by atoms with Gasteiger partial charge in [0.1, 0.15) is 21.0 Å². The maximum atomic E-state index is 12.8. The molecule has 152 valence electrons. The molecule has 2 aromatic heterocycles. The summed E-state index contributed by atoms with van der Waals surface area (Å²) >= 11 is 2.66. The Morgan fingerprint density at radius 1 is 1.21 bits per heavy atom. The summed E-state index contributed by atoms with van der Waals surface area (Å²) in [7, 11) is 3.17. The largest absolute Gasteiger partial charge is 0.493 e. The minimum Gasteiger partial charge on any atom is -0.493 e. The number of carbonyl (C=O) groups excluding carboxylic acids is 1.